The molecule has 2 amide bonds. The monoisotopic (exact) mass is 391 g/mol. The molecule has 2 aromatic heterocycles. The minimum atomic E-state index is -0.174. The number of nitrogens with one attached hydrogen (secondary N) is 1. The summed E-state index contributed by atoms with van der Waals surface area (Å²) < 4.78 is 1.82. The van der Waals surface area contributed by atoms with Gasteiger partial charge < -0.3 is 20.4 Å². The number of hydrogen-bond acceptors (Lipinski definition) is 4. The largest absolute Gasteiger partial charge is 0.369 e. The Bertz CT molecular complexity index is 1000. The van der Waals surface area contributed by atoms with Crippen LogP contribution >= 0.6 is 0 Å². The van der Waals surface area contributed by atoms with Gasteiger partial charge in [0.05, 0.1) is 5.56 Å². The summed E-state index contributed by atoms with van der Waals surface area (Å²) in [4.78, 5) is 30.3. The van der Waals surface area contributed by atoms with Gasteiger partial charge in [-0.3, -0.25) is 9.59 Å². The van der Waals surface area contributed by atoms with Crippen LogP contribution < -0.4 is 11.1 Å². The first-order valence-electron chi connectivity index (χ1n) is 9.93. The number of carbonyl (C=O) groups excluding carboxylic acids is 2. The average Bonchev–Trinajstić information content (AvgIpc) is 3.21. The number of benzene rings is 1. The summed E-state index contributed by atoms with van der Waals surface area (Å²) in [6, 6.07) is 11.6. The van der Waals surface area contributed by atoms with Crippen LogP contribution in [0.15, 0.2) is 55.0 Å². The van der Waals surface area contributed by atoms with Crippen LogP contribution in [0.4, 0.5) is 5.69 Å². The Balaban J connectivity index is 1.28. The number of pyridine rings is 1. The third-order valence-electron chi connectivity index (χ3n) is 5.57. The molecular formula is C22H25N5O2. The Morgan fingerprint density at radius 1 is 1.10 bits per heavy atom. The Hall–Kier alpha value is -3.19. The predicted octanol–water partition coefficient (Wildman–Crippen LogP) is 2.33. The predicted molar refractivity (Wildman–Crippen MR) is 112 cm³/mol. The second-order valence-corrected chi connectivity index (χ2v) is 7.53. The third-order valence-corrected chi connectivity index (χ3v) is 5.57. The molecule has 3 heterocycles. The molecule has 7 nitrogen and oxygen atoms in total. The van der Waals surface area contributed by atoms with E-state index in [4.69, 9.17) is 5.73 Å². The molecule has 0 atom stereocenters. The van der Waals surface area contributed by atoms with Crippen molar-refractivity contribution in [1.82, 2.24) is 14.3 Å². The lowest BCUT2D eigenvalue weighted by molar-refractivity contribution is -0.123. The number of amides is 2. The first kappa shape index (κ1) is 19.1. The SMILES string of the molecule is NC(=O)C1CCN(CCc2ccc(NC(=O)c3ccc4nccn4c3)cc2)CC1. The zero-order valence-electron chi connectivity index (χ0n) is 16.3. The number of primary amides is 1. The van der Waals surface area contributed by atoms with Crippen LogP contribution in [0, 0.1) is 5.92 Å². The molecule has 1 aliphatic rings. The van der Waals surface area contributed by atoms with Crippen LogP contribution in [0.2, 0.25) is 0 Å². The van der Waals surface area contributed by atoms with E-state index in [0.717, 1.165) is 50.2 Å². The molecule has 1 fully saturated rings. The van der Waals surface area contributed by atoms with Crippen molar-refractivity contribution in [2.75, 3.05) is 25.0 Å². The molecule has 0 radical (unpaired) electrons. The van der Waals surface area contributed by atoms with Gasteiger partial charge in [-0.15, -0.1) is 0 Å². The van der Waals surface area contributed by atoms with Gasteiger partial charge in [0, 0.05) is 36.7 Å². The van der Waals surface area contributed by atoms with Gasteiger partial charge in [0.15, 0.2) is 0 Å². The number of likely N-dealkylation sites (tertiary alicyclic amines) is 1. The number of aromatic nitrogens is 2. The lowest BCUT2D eigenvalue weighted by Crippen LogP contribution is -2.39. The first-order valence-corrected chi connectivity index (χ1v) is 9.93. The molecule has 29 heavy (non-hydrogen) atoms. The van der Waals surface area contributed by atoms with Crippen molar-refractivity contribution in [1.29, 1.82) is 0 Å². The fourth-order valence-electron chi connectivity index (χ4n) is 3.74. The maximum Gasteiger partial charge on any atom is 0.257 e. The number of fused-ring (bicyclic) bond motifs is 1. The molecule has 0 saturated carbocycles. The van der Waals surface area contributed by atoms with E-state index in [1.165, 1.54) is 5.56 Å². The zero-order chi connectivity index (χ0) is 20.2. The van der Waals surface area contributed by atoms with E-state index in [1.54, 1.807) is 18.5 Å². The summed E-state index contributed by atoms with van der Waals surface area (Å²) in [5.74, 6) is -0.290. The number of nitrogens with two attached hydrogens (primary N) is 1. The Morgan fingerprint density at radius 2 is 1.86 bits per heavy atom. The van der Waals surface area contributed by atoms with Gasteiger partial charge in [0.25, 0.3) is 5.91 Å². The summed E-state index contributed by atoms with van der Waals surface area (Å²) >= 11 is 0. The molecule has 0 bridgehead atoms. The van der Waals surface area contributed by atoms with Gasteiger partial charge >= 0.3 is 0 Å². The molecular weight excluding hydrogens is 366 g/mol. The minimum Gasteiger partial charge on any atom is -0.369 e. The van der Waals surface area contributed by atoms with Crippen LogP contribution in [0.5, 0.6) is 0 Å². The molecule has 4 rings (SSSR count). The van der Waals surface area contributed by atoms with Gasteiger partial charge in [-0.1, -0.05) is 12.1 Å². The molecule has 1 saturated heterocycles. The maximum atomic E-state index is 12.5. The standard InChI is InChI=1S/C22H25N5O2/c23-21(28)17-8-12-26(13-9-17)11-7-16-1-4-19(5-2-16)25-22(29)18-3-6-20-24-10-14-27(20)15-18/h1-6,10,14-15,17H,7-9,11-13H2,(H2,23,28)(H,25,29). The molecule has 7 heteroatoms. The summed E-state index contributed by atoms with van der Waals surface area (Å²) in [5, 5.41) is 2.94. The van der Waals surface area contributed by atoms with Crippen LogP contribution in [0.1, 0.15) is 28.8 Å². The molecule has 0 spiro atoms. The van der Waals surface area contributed by atoms with Crippen molar-refractivity contribution in [2.45, 2.75) is 19.3 Å². The van der Waals surface area contributed by atoms with Gasteiger partial charge in [0.2, 0.25) is 5.91 Å². The lowest BCUT2D eigenvalue weighted by Gasteiger charge is -2.30. The Morgan fingerprint density at radius 3 is 2.59 bits per heavy atom. The van der Waals surface area contributed by atoms with Gasteiger partial charge in [-0.2, -0.15) is 0 Å². The third kappa shape index (κ3) is 4.63. The van der Waals surface area contributed by atoms with Crippen LogP contribution in [0.3, 0.4) is 0 Å². The van der Waals surface area contributed by atoms with Crippen LogP contribution in [-0.2, 0) is 11.2 Å². The Kier molecular flexibility index (Phi) is 5.57. The van der Waals surface area contributed by atoms with Crippen molar-refractivity contribution in [3.8, 4) is 0 Å². The number of rotatable bonds is 6. The van der Waals surface area contributed by atoms with Gasteiger partial charge in [0.1, 0.15) is 5.65 Å². The van der Waals surface area contributed by atoms with Crippen molar-refractivity contribution in [3.63, 3.8) is 0 Å². The highest BCUT2D eigenvalue weighted by Crippen LogP contribution is 2.18. The van der Waals surface area contributed by atoms with Crippen LogP contribution in [-0.4, -0.2) is 45.7 Å². The van der Waals surface area contributed by atoms with E-state index in [9.17, 15) is 9.59 Å². The molecule has 3 aromatic rings. The smallest absolute Gasteiger partial charge is 0.257 e. The number of piperidine rings is 1. The van der Waals surface area contributed by atoms with Gasteiger partial charge in [-0.25, -0.2) is 4.98 Å². The van der Waals surface area contributed by atoms with Crippen molar-refractivity contribution >= 4 is 23.1 Å². The van der Waals surface area contributed by atoms with E-state index in [2.05, 4.69) is 15.2 Å². The quantitative estimate of drug-likeness (QED) is 0.674. The van der Waals surface area contributed by atoms with E-state index in [-0.39, 0.29) is 17.7 Å². The van der Waals surface area contributed by atoms with Crippen molar-refractivity contribution in [2.24, 2.45) is 11.7 Å². The fraction of sp³-hybridized carbons (Fsp3) is 0.318. The summed E-state index contributed by atoms with van der Waals surface area (Å²) in [6.07, 6.45) is 7.93. The van der Waals surface area contributed by atoms with E-state index in [1.807, 2.05) is 40.9 Å². The van der Waals surface area contributed by atoms with Crippen molar-refractivity contribution in [3.05, 3.63) is 66.1 Å². The summed E-state index contributed by atoms with van der Waals surface area (Å²) in [6.45, 7) is 2.80. The number of carbonyl (C=O) groups is 2. The Labute approximate surface area is 169 Å². The number of anilines is 1. The molecule has 3 N–H and O–H groups in total. The summed E-state index contributed by atoms with van der Waals surface area (Å²) in [5.41, 5.74) is 8.78. The maximum absolute atomic E-state index is 12.5. The second kappa shape index (κ2) is 8.45. The minimum absolute atomic E-state index is 0.0311. The van der Waals surface area contributed by atoms with E-state index < -0.39 is 0 Å². The number of nitrogens with zero attached hydrogens (tertiary/aromatic N) is 3. The molecule has 1 aliphatic heterocycles. The first-order chi connectivity index (χ1) is 14.1. The zero-order valence-corrected chi connectivity index (χ0v) is 16.3. The van der Waals surface area contributed by atoms with Gasteiger partial charge in [-0.05, 0) is 62.2 Å². The molecule has 0 aliphatic carbocycles. The molecule has 1 aromatic carbocycles. The highest BCUT2D eigenvalue weighted by atomic mass is 16.2. The van der Waals surface area contributed by atoms with E-state index in [0.29, 0.717) is 5.56 Å². The average molecular weight is 391 g/mol. The highest BCUT2D eigenvalue weighted by molar-refractivity contribution is 6.04. The number of imidazole rings is 1. The van der Waals surface area contributed by atoms with Crippen LogP contribution in [0.25, 0.3) is 5.65 Å². The highest BCUT2D eigenvalue weighted by Gasteiger charge is 2.22. The molecule has 150 valence electrons. The fourth-order valence-corrected chi connectivity index (χ4v) is 3.74. The normalized spacial score (nSPS) is 15.4. The summed E-state index contributed by atoms with van der Waals surface area (Å²) in [7, 11) is 0. The molecule has 0 unspecified atom stereocenters. The van der Waals surface area contributed by atoms with Crippen molar-refractivity contribution < 1.29 is 9.59 Å². The number of hydrogen-bond donors (Lipinski definition) is 2. The second-order valence-electron chi connectivity index (χ2n) is 7.53. The lowest BCUT2D eigenvalue weighted by atomic mass is 9.96. The van der Waals surface area contributed by atoms with E-state index >= 15 is 0 Å². The topological polar surface area (TPSA) is 92.7 Å².